The standard InChI is InChI=1S/C20H21N3O2S/c1-14-8-15(2)10-17(9-14)13-25-18-5-4-16(11-19(18)24-3)12-22-23-20-21-6-7-26-20/h4-12H,13H2,1-3H3,(H,21,23). The van der Waals surface area contributed by atoms with Crippen LogP contribution in [0, 0.1) is 13.8 Å². The van der Waals surface area contributed by atoms with Crippen LogP contribution in [-0.2, 0) is 6.61 Å². The van der Waals surface area contributed by atoms with Gasteiger partial charge in [0, 0.05) is 11.6 Å². The number of rotatable bonds is 7. The zero-order valence-electron chi connectivity index (χ0n) is 15.0. The van der Waals surface area contributed by atoms with Gasteiger partial charge in [-0.05, 0) is 43.2 Å². The van der Waals surface area contributed by atoms with Gasteiger partial charge in [0.1, 0.15) is 6.61 Å². The molecule has 0 radical (unpaired) electrons. The topological polar surface area (TPSA) is 55.7 Å². The van der Waals surface area contributed by atoms with E-state index >= 15 is 0 Å². The molecule has 3 aromatic rings. The molecule has 0 bridgehead atoms. The maximum absolute atomic E-state index is 5.95. The monoisotopic (exact) mass is 367 g/mol. The van der Waals surface area contributed by atoms with Crippen molar-refractivity contribution >= 4 is 22.7 Å². The molecule has 0 spiro atoms. The van der Waals surface area contributed by atoms with Gasteiger partial charge in [0.05, 0.1) is 13.3 Å². The maximum atomic E-state index is 5.95. The van der Waals surface area contributed by atoms with Gasteiger partial charge < -0.3 is 9.47 Å². The predicted molar refractivity (Wildman–Crippen MR) is 107 cm³/mol. The van der Waals surface area contributed by atoms with Crippen LogP contribution in [0.3, 0.4) is 0 Å². The Balaban J connectivity index is 1.67. The van der Waals surface area contributed by atoms with E-state index in [0.29, 0.717) is 18.1 Å². The van der Waals surface area contributed by atoms with Crippen molar-refractivity contribution in [2.75, 3.05) is 12.5 Å². The van der Waals surface area contributed by atoms with E-state index in [9.17, 15) is 0 Å². The van der Waals surface area contributed by atoms with Gasteiger partial charge >= 0.3 is 0 Å². The summed E-state index contributed by atoms with van der Waals surface area (Å²) >= 11 is 1.49. The molecular formula is C20H21N3O2S. The van der Waals surface area contributed by atoms with Crippen LogP contribution in [0.25, 0.3) is 0 Å². The fraction of sp³-hybridized carbons (Fsp3) is 0.200. The second kappa shape index (κ2) is 8.49. The summed E-state index contributed by atoms with van der Waals surface area (Å²) in [7, 11) is 1.63. The minimum atomic E-state index is 0.498. The average molecular weight is 367 g/mol. The molecule has 5 nitrogen and oxygen atoms in total. The van der Waals surface area contributed by atoms with Crippen LogP contribution in [0.15, 0.2) is 53.1 Å². The Morgan fingerprint density at radius 3 is 2.62 bits per heavy atom. The number of nitrogens with one attached hydrogen (secondary N) is 1. The van der Waals surface area contributed by atoms with Crippen molar-refractivity contribution < 1.29 is 9.47 Å². The summed E-state index contributed by atoms with van der Waals surface area (Å²) in [4.78, 5) is 4.11. The fourth-order valence-electron chi connectivity index (χ4n) is 2.64. The first-order chi connectivity index (χ1) is 12.6. The molecule has 0 aliphatic heterocycles. The van der Waals surface area contributed by atoms with Crippen LogP contribution in [0.1, 0.15) is 22.3 Å². The van der Waals surface area contributed by atoms with Gasteiger partial charge in [-0.3, -0.25) is 5.43 Å². The molecule has 2 aromatic carbocycles. The van der Waals surface area contributed by atoms with Crippen molar-refractivity contribution in [3.05, 3.63) is 70.2 Å². The minimum Gasteiger partial charge on any atom is -0.493 e. The Labute approximate surface area is 157 Å². The molecule has 0 aliphatic carbocycles. The van der Waals surface area contributed by atoms with Crippen molar-refractivity contribution in [1.82, 2.24) is 4.98 Å². The average Bonchev–Trinajstić information content (AvgIpc) is 3.13. The number of benzene rings is 2. The van der Waals surface area contributed by atoms with Crippen molar-refractivity contribution in [3.8, 4) is 11.5 Å². The number of hydrogen-bond donors (Lipinski definition) is 1. The normalized spacial score (nSPS) is 10.9. The molecule has 26 heavy (non-hydrogen) atoms. The molecule has 0 aliphatic rings. The van der Waals surface area contributed by atoms with Gasteiger partial charge in [-0.1, -0.05) is 29.3 Å². The molecule has 0 unspecified atom stereocenters. The van der Waals surface area contributed by atoms with Crippen molar-refractivity contribution in [2.45, 2.75) is 20.5 Å². The molecule has 1 heterocycles. The van der Waals surface area contributed by atoms with Crippen molar-refractivity contribution in [2.24, 2.45) is 5.10 Å². The molecule has 0 fully saturated rings. The first kappa shape index (κ1) is 17.9. The quantitative estimate of drug-likeness (QED) is 0.482. The summed E-state index contributed by atoms with van der Waals surface area (Å²) in [6.45, 7) is 4.67. The zero-order valence-corrected chi connectivity index (χ0v) is 15.8. The van der Waals surface area contributed by atoms with Crippen LogP contribution < -0.4 is 14.9 Å². The Kier molecular flexibility index (Phi) is 5.86. The maximum Gasteiger partial charge on any atom is 0.203 e. The highest BCUT2D eigenvalue weighted by Gasteiger charge is 2.06. The van der Waals surface area contributed by atoms with Gasteiger partial charge in [0.2, 0.25) is 5.13 Å². The Bertz CT molecular complexity index is 872. The second-order valence-corrected chi connectivity index (χ2v) is 6.80. The van der Waals surface area contributed by atoms with Crippen LogP contribution in [0.4, 0.5) is 5.13 Å². The minimum absolute atomic E-state index is 0.498. The number of hydrazone groups is 1. The Morgan fingerprint density at radius 2 is 1.92 bits per heavy atom. The van der Waals surface area contributed by atoms with Crippen LogP contribution >= 0.6 is 11.3 Å². The van der Waals surface area contributed by atoms with E-state index in [-0.39, 0.29) is 0 Å². The SMILES string of the molecule is COc1cc(C=NNc2nccs2)ccc1OCc1cc(C)cc(C)c1. The van der Waals surface area contributed by atoms with Gasteiger partial charge in [-0.2, -0.15) is 5.10 Å². The third-order valence-electron chi connectivity index (χ3n) is 3.67. The molecule has 0 amide bonds. The van der Waals surface area contributed by atoms with Crippen LogP contribution in [0.5, 0.6) is 11.5 Å². The van der Waals surface area contributed by atoms with E-state index in [0.717, 1.165) is 16.3 Å². The molecule has 3 rings (SSSR count). The highest BCUT2D eigenvalue weighted by molar-refractivity contribution is 7.13. The predicted octanol–water partition coefficient (Wildman–Crippen LogP) is 4.79. The fourth-order valence-corrected chi connectivity index (χ4v) is 3.12. The number of thiazole rings is 1. The van der Waals surface area contributed by atoms with E-state index in [1.165, 1.54) is 22.5 Å². The van der Waals surface area contributed by atoms with Gasteiger partial charge in [-0.25, -0.2) is 4.98 Å². The zero-order chi connectivity index (χ0) is 18.4. The lowest BCUT2D eigenvalue weighted by atomic mass is 10.1. The summed E-state index contributed by atoms with van der Waals surface area (Å²) in [5.74, 6) is 1.38. The van der Waals surface area contributed by atoms with Crippen LogP contribution in [0.2, 0.25) is 0 Å². The highest BCUT2D eigenvalue weighted by Crippen LogP contribution is 2.28. The Morgan fingerprint density at radius 1 is 1.12 bits per heavy atom. The van der Waals surface area contributed by atoms with E-state index < -0.39 is 0 Å². The van der Waals surface area contributed by atoms with E-state index in [1.54, 1.807) is 19.5 Å². The Hall–Kier alpha value is -2.86. The summed E-state index contributed by atoms with van der Waals surface area (Å²) < 4.78 is 11.4. The summed E-state index contributed by atoms with van der Waals surface area (Å²) in [5.41, 5.74) is 7.40. The van der Waals surface area contributed by atoms with Gasteiger partial charge in [0.25, 0.3) is 0 Å². The smallest absolute Gasteiger partial charge is 0.203 e. The lowest BCUT2D eigenvalue weighted by Crippen LogP contribution is -1.99. The molecule has 134 valence electrons. The van der Waals surface area contributed by atoms with Gasteiger partial charge in [0.15, 0.2) is 11.5 Å². The highest BCUT2D eigenvalue weighted by atomic mass is 32.1. The number of anilines is 1. The molecule has 6 heteroatoms. The number of aromatic nitrogens is 1. The number of aryl methyl sites for hydroxylation is 2. The second-order valence-electron chi connectivity index (χ2n) is 5.90. The molecular weight excluding hydrogens is 346 g/mol. The molecule has 0 atom stereocenters. The first-order valence-corrected chi connectivity index (χ1v) is 9.08. The number of hydrogen-bond acceptors (Lipinski definition) is 6. The van der Waals surface area contributed by atoms with Crippen molar-refractivity contribution in [1.29, 1.82) is 0 Å². The summed E-state index contributed by atoms with van der Waals surface area (Å²) in [5, 5.41) is 6.82. The number of methoxy groups -OCH3 is 1. The van der Waals surface area contributed by atoms with E-state index in [2.05, 4.69) is 47.6 Å². The lowest BCUT2D eigenvalue weighted by Gasteiger charge is -2.12. The molecule has 1 N–H and O–H groups in total. The van der Waals surface area contributed by atoms with E-state index in [4.69, 9.17) is 9.47 Å². The van der Waals surface area contributed by atoms with Crippen LogP contribution in [-0.4, -0.2) is 18.3 Å². The van der Waals surface area contributed by atoms with E-state index in [1.807, 2.05) is 23.6 Å². The molecule has 1 aromatic heterocycles. The lowest BCUT2D eigenvalue weighted by molar-refractivity contribution is 0.284. The number of ether oxygens (including phenoxy) is 2. The molecule has 0 saturated carbocycles. The first-order valence-electron chi connectivity index (χ1n) is 8.20. The van der Waals surface area contributed by atoms with Crippen molar-refractivity contribution in [3.63, 3.8) is 0 Å². The summed E-state index contributed by atoms with van der Waals surface area (Å²) in [6.07, 6.45) is 3.45. The van der Waals surface area contributed by atoms with Gasteiger partial charge in [-0.15, -0.1) is 11.3 Å². The summed E-state index contributed by atoms with van der Waals surface area (Å²) in [6, 6.07) is 12.1. The third-order valence-corrected chi connectivity index (χ3v) is 4.35. The largest absolute Gasteiger partial charge is 0.493 e. The third kappa shape index (κ3) is 4.83. The molecule has 0 saturated heterocycles. The number of nitrogens with zero attached hydrogens (tertiary/aromatic N) is 2.